The third kappa shape index (κ3) is 1.68. The molecule has 3 nitrogen and oxygen atoms in total. The second-order valence-electron chi connectivity index (χ2n) is 2.84. The van der Waals surface area contributed by atoms with E-state index in [2.05, 4.69) is 26.0 Å². The van der Waals surface area contributed by atoms with Crippen LogP contribution in [-0.4, -0.2) is 14.8 Å². The van der Waals surface area contributed by atoms with Crippen LogP contribution in [0.2, 0.25) is 0 Å². The number of halogens is 2. The molecule has 0 aromatic carbocycles. The van der Waals surface area contributed by atoms with Crippen molar-refractivity contribution in [1.82, 2.24) is 14.8 Å². The summed E-state index contributed by atoms with van der Waals surface area (Å²) in [4.78, 5) is 3.75. The highest BCUT2D eigenvalue weighted by atomic mass is 79.9. The average Bonchev–Trinajstić information content (AvgIpc) is 2.45. The maximum atomic E-state index is 12.8. The predicted molar refractivity (Wildman–Crippen MR) is 54.1 cm³/mol. The SMILES string of the molecule is Cn1cc(Br)c(-c2cccc(F)n2)n1. The number of nitrogens with zero attached hydrogens (tertiary/aromatic N) is 3. The van der Waals surface area contributed by atoms with Crippen LogP contribution in [0.3, 0.4) is 0 Å². The van der Waals surface area contributed by atoms with Gasteiger partial charge in [-0.1, -0.05) is 6.07 Å². The highest BCUT2D eigenvalue weighted by Crippen LogP contribution is 2.24. The molecule has 0 radical (unpaired) electrons. The minimum absolute atomic E-state index is 0.500. The summed E-state index contributed by atoms with van der Waals surface area (Å²) in [7, 11) is 1.80. The van der Waals surface area contributed by atoms with Crippen LogP contribution in [0.1, 0.15) is 0 Å². The van der Waals surface area contributed by atoms with Gasteiger partial charge in [0.1, 0.15) is 5.69 Å². The van der Waals surface area contributed by atoms with Gasteiger partial charge in [-0.25, -0.2) is 4.98 Å². The minimum Gasteiger partial charge on any atom is -0.274 e. The Labute approximate surface area is 88.7 Å². The number of pyridine rings is 1. The van der Waals surface area contributed by atoms with Crippen LogP contribution in [-0.2, 0) is 7.05 Å². The first kappa shape index (κ1) is 9.33. The number of hydrogen-bond donors (Lipinski definition) is 0. The molecule has 0 spiro atoms. The molecule has 2 aromatic heterocycles. The van der Waals surface area contributed by atoms with Crippen molar-refractivity contribution in [1.29, 1.82) is 0 Å². The first-order chi connectivity index (χ1) is 6.66. The lowest BCUT2D eigenvalue weighted by atomic mass is 10.3. The summed E-state index contributed by atoms with van der Waals surface area (Å²) in [5.74, 6) is -0.500. The molecule has 14 heavy (non-hydrogen) atoms. The zero-order valence-electron chi connectivity index (χ0n) is 7.41. The zero-order valence-corrected chi connectivity index (χ0v) is 8.99. The van der Waals surface area contributed by atoms with E-state index in [0.717, 1.165) is 4.47 Å². The highest BCUT2D eigenvalue weighted by Gasteiger charge is 2.09. The summed E-state index contributed by atoms with van der Waals surface area (Å²) < 4.78 is 15.3. The monoisotopic (exact) mass is 255 g/mol. The fourth-order valence-corrected chi connectivity index (χ4v) is 1.75. The molecule has 0 amide bonds. The summed E-state index contributed by atoms with van der Waals surface area (Å²) >= 11 is 3.33. The standard InChI is InChI=1S/C9H7BrFN3/c1-14-5-6(10)9(13-14)7-3-2-4-8(11)12-7/h2-5H,1H3. The van der Waals surface area contributed by atoms with Crippen molar-refractivity contribution in [3.05, 3.63) is 34.8 Å². The number of aromatic nitrogens is 3. The van der Waals surface area contributed by atoms with Crippen molar-refractivity contribution < 1.29 is 4.39 Å². The van der Waals surface area contributed by atoms with Gasteiger partial charge in [-0.2, -0.15) is 9.49 Å². The van der Waals surface area contributed by atoms with E-state index < -0.39 is 5.95 Å². The number of hydrogen-bond acceptors (Lipinski definition) is 2. The van der Waals surface area contributed by atoms with E-state index in [1.54, 1.807) is 30.1 Å². The Bertz CT molecular complexity index is 467. The van der Waals surface area contributed by atoms with Gasteiger partial charge in [0.05, 0.1) is 10.2 Å². The van der Waals surface area contributed by atoms with Crippen molar-refractivity contribution in [3.8, 4) is 11.4 Å². The summed E-state index contributed by atoms with van der Waals surface area (Å²) in [6.07, 6.45) is 1.79. The van der Waals surface area contributed by atoms with Crippen LogP contribution < -0.4 is 0 Å². The maximum Gasteiger partial charge on any atom is 0.213 e. The van der Waals surface area contributed by atoms with E-state index >= 15 is 0 Å². The van der Waals surface area contributed by atoms with Gasteiger partial charge in [0.2, 0.25) is 5.95 Å². The largest absolute Gasteiger partial charge is 0.274 e. The molecular formula is C9H7BrFN3. The van der Waals surface area contributed by atoms with Gasteiger partial charge in [0, 0.05) is 13.2 Å². The summed E-state index contributed by atoms with van der Waals surface area (Å²) in [5.41, 5.74) is 1.17. The molecule has 0 aliphatic rings. The van der Waals surface area contributed by atoms with E-state index in [-0.39, 0.29) is 0 Å². The van der Waals surface area contributed by atoms with Crippen molar-refractivity contribution >= 4 is 15.9 Å². The molecule has 2 rings (SSSR count). The molecule has 2 aromatic rings. The Hall–Kier alpha value is -1.23. The Morgan fingerprint density at radius 3 is 2.79 bits per heavy atom. The van der Waals surface area contributed by atoms with Crippen LogP contribution in [0, 0.1) is 5.95 Å². The molecular weight excluding hydrogens is 249 g/mol. The molecule has 0 aliphatic carbocycles. The van der Waals surface area contributed by atoms with Gasteiger partial charge in [0.25, 0.3) is 0 Å². The first-order valence-corrected chi connectivity index (χ1v) is 4.78. The lowest BCUT2D eigenvalue weighted by Crippen LogP contribution is -1.91. The zero-order chi connectivity index (χ0) is 10.1. The van der Waals surface area contributed by atoms with Gasteiger partial charge in [-0.15, -0.1) is 0 Å². The number of aryl methyl sites for hydroxylation is 1. The summed E-state index contributed by atoms with van der Waals surface area (Å²) in [6.45, 7) is 0. The van der Waals surface area contributed by atoms with E-state index in [0.29, 0.717) is 11.4 Å². The quantitative estimate of drug-likeness (QED) is 0.733. The van der Waals surface area contributed by atoms with Gasteiger partial charge in [0.15, 0.2) is 0 Å². The molecule has 0 saturated heterocycles. The van der Waals surface area contributed by atoms with Crippen molar-refractivity contribution in [2.24, 2.45) is 7.05 Å². The number of rotatable bonds is 1. The highest BCUT2D eigenvalue weighted by molar-refractivity contribution is 9.10. The molecule has 0 N–H and O–H groups in total. The van der Waals surface area contributed by atoms with E-state index in [9.17, 15) is 4.39 Å². The van der Waals surface area contributed by atoms with E-state index in [1.165, 1.54) is 6.07 Å². The predicted octanol–water partition coefficient (Wildman–Crippen LogP) is 2.38. The fourth-order valence-electron chi connectivity index (χ4n) is 1.17. The Morgan fingerprint density at radius 1 is 1.43 bits per heavy atom. The third-order valence-electron chi connectivity index (χ3n) is 1.74. The molecule has 0 aliphatic heterocycles. The second-order valence-corrected chi connectivity index (χ2v) is 3.70. The van der Waals surface area contributed by atoms with Crippen molar-refractivity contribution in [2.45, 2.75) is 0 Å². The van der Waals surface area contributed by atoms with Crippen LogP contribution in [0.15, 0.2) is 28.9 Å². The molecule has 72 valence electrons. The van der Waals surface area contributed by atoms with Crippen LogP contribution in [0.5, 0.6) is 0 Å². The molecule has 0 bridgehead atoms. The summed E-state index contributed by atoms with van der Waals surface area (Å²) in [5, 5.41) is 4.16. The summed E-state index contributed by atoms with van der Waals surface area (Å²) in [6, 6.07) is 4.63. The minimum atomic E-state index is -0.500. The normalized spacial score (nSPS) is 10.5. The smallest absolute Gasteiger partial charge is 0.213 e. The van der Waals surface area contributed by atoms with Gasteiger partial charge in [-0.3, -0.25) is 4.68 Å². The third-order valence-corrected chi connectivity index (χ3v) is 2.32. The first-order valence-electron chi connectivity index (χ1n) is 3.99. The van der Waals surface area contributed by atoms with Crippen LogP contribution >= 0.6 is 15.9 Å². The van der Waals surface area contributed by atoms with Gasteiger partial charge >= 0.3 is 0 Å². The molecule has 0 saturated carbocycles. The maximum absolute atomic E-state index is 12.8. The molecule has 0 atom stereocenters. The molecule has 0 unspecified atom stereocenters. The fraction of sp³-hybridized carbons (Fsp3) is 0.111. The molecule has 2 heterocycles. The average molecular weight is 256 g/mol. The lowest BCUT2D eigenvalue weighted by molar-refractivity contribution is 0.585. The topological polar surface area (TPSA) is 30.7 Å². The van der Waals surface area contributed by atoms with Gasteiger partial charge < -0.3 is 0 Å². The Morgan fingerprint density at radius 2 is 2.21 bits per heavy atom. The lowest BCUT2D eigenvalue weighted by Gasteiger charge is -1.95. The Kier molecular flexibility index (Phi) is 2.33. The van der Waals surface area contributed by atoms with Crippen LogP contribution in [0.25, 0.3) is 11.4 Å². The van der Waals surface area contributed by atoms with E-state index in [4.69, 9.17) is 0 Å². The van der Waals surface area contributed by atoms with E-state index in [1.807, 2.05) is 0 Å². The van der Waals surface area contributed by atoms with Gasteiger partial charge in [-0.05, 0) is 28.1 Å². The Balaban J connectivity index is 2.54. The second kappa shape index (κ2) is 3.49. The van der Waals surface area contributed by atoms with Crippen LogP contribution in [0.4, 0.5) is 4.39 Å². The van der Waals surface area contributed by atoms with Crippen molar-refractivity contribution in [3.63, 3.8) is 0 Å². The molecule has 0 fully saturated rings. The van der Waals surface area contributed by atoms with Crippen molar-refractivity contribution in [2.75, 3.05) is 0 Å². The molecule has 5 heteroatoms.